The molecule has 1 aromatic heterocycles. The van der Waals surface area contributed by atoms with Gasteiger partial charge in [-0.1, -0.05) is 19.9 Å². The van der Waals surface area contributed by atoms with E-state index >= 15 is 0 Å². The maximum atomic E-state index is 12.9. The average Bonchev–Trinajstić information content (AvgIpc) is 2.97. The zero-order valence-electron chi connectivity index (χ0n) is 10.0. The normalized spacial score (nSPS) is 18.5. The van der Waals surface area contributed by atoms with Crippen molar-refractivity contribution >= 4 is 0 Å². The van der Waals surface area contributed by atoms with Crippen LogP contribution in [0.25, 0.3) is 0 Å². The van der Waals surface area contributed by atoms with E-state index in [0.29, 0.717) is 11.5 Å². The summed E-state index contributed by atoms with van der Waals surface area (Å²) in [4.78, 5) is 4.14. The Morgan fingerprint density at radius 1 is 1.29 bits per heavy atom. The second kappa shape index (κ2) is 4.00. The zero-order chi connectivity index (χ0) is 12.7. The Labute approximate surface area is 99.1 Å². The molecule has 0 atom stereocenters. The third kappa shape index (κ3) is 2.31. The molecule has 2 rings (SSSR count). The lowest BCUT2D eigenvalue weighted by Gasteiger charge is -2.19. The van der Waals surface area contributed by atoms with E-state index in [4.69, 9.17) is 0 Å². The van der Waals surface area contributed by atoms with Gasteiger partial charge in [-0.2, -0.15) is 13.2 Å². The molecule has 1 aromatic rings. The third-order valence-electron chi connectivity index (χ3n) is 3.29. The van der Waals surface area contributed by atoms with Crippen LogP contribution in [-0.2, 0) is 11.8 Å². The highest BCUT2D eigenvalue weighted by molar-refractivity contribution is 5.32. The number of nitrogens with zero attached hydrogens (tertiary/aromatic N) is 1. The molecule has 1 aliphatic carbocycles. The predicted molar refractivity (Wildman–Crippen MR) is 59.7 cm³/mol. The van der Waals surface area contributed by atoms with Crippen molar-refractivity contribution < 1.29 is 13.2 Å². The lowest BCUT2D eigenvalue weighted by atomic mass is 9.96. The molecule has 94 valence electrons. The minimum absolute atomic E-state index is 0.196. The van der Waals surface area contributed by atoms with Crippen molar-refractivity contribution in [1.82, 2.24) is 4.98 Å². The standard InChI is InChI=1S/C13H16F3N/c1-9(2)7-11-4-3-10(8-17-11)12(5-6-12)13(14,15)16/h3-4,8-9H,5-7H2,1-2H3. The highest BCUT2D eigenvalue weighted by Gasteiger charge is 2.64. The van der Waals surface area contributed by atoms with Gasteiger partial charge >= 0.3 is 6.18 Å². The van der Waals surface area contributed by atoms with E-state index in [2.05, 4.69) is 18.8 Å². The molecule has 1 saturated carbocycles. The Morgan fingerprint density at radius 3 is 2.29 bits per heavy atom. The van der Waals surface area contributed by atoms with Gasteiger partial charge in [0.1, 0.15) is 0 Å². The topological polar surface area (TPSA) is 12.9 Å². The van der Waals surface area contributed by atoms with Crippen LogP contribution < -0.4 is 0 Å². The van der Waals surface area contributed by atoms with E-state index < -0.39 is 11.6 Å². The molecule has 4 heteroatoms. The summed E-state index contributed by atoms with van der Waals surface area (Å²) in [5, 5.41) is 0. The first kappa shape index (κ1) is 12.4. The first-order valence-corrected chi connectivity index (χ1v) is 5.87. The highest BCUT2D eigenvalue weighted by atomic mass is 19.4. The molecule has 0 spiro atoms. The fourth-order valence-electron chi connectivity index (χ4n) is 2.11. The van der Waals surface area contributed by atoms with Crippen molar-refractivity contribution in [3.63, 3.8) is 0 Å². The number of rotatable bonds is 3. The lowest BCUT2D eigenvalue weighted by molar-refractivity contribution is -0.160. The van der Waals surface area contributed by atoms with Crippen LogP contribution in [-0.4, -0.2) is 11.2 Å². The molecule has 0 unspecified atom stereocenters. The molecule has 1 nitrogen and oxygen atoms in total. The van der Waals surface area contributed by atoms with Crippen molar-refractivity contribution in [3.05, 3.63) is 29.6 Å². The Balaban J connectivity index is 2.19. The molecule has 1 aliphatic rings. The molecule has 0 bridgehead atoms. The summed E-state index contributed by atoms with van der Waals surface area (Å²) in [7, 11) is 0. The van der Waals surface area contributed by atoms with Gasteiger partial charge in [0.15, 0.2) is 0 Å². The van der Waals surface area contributed by atoms with E-state index in [0.717, 1.165) is 12.1 Å². The molecule has 0 N–H and O–H groups in total. The first-order chi connectivity index (χ1) is 7.85. The van der Waals surface area contributed by atoms with Gasteiger partial charge in [0.2, 0.25) is 0 Å². The highest BCUT2D eigenvalue weighted by Crippen LogP contribution is 2.58. The molecule has 0 aliphatic heterocycles. The second-order valence-corrected chi connectivity index (χ2v) is 5.22. The number of halogens is 3. The number of aromatic nitrogens is 1. The van der Waals surface area contributed by atoms with Crippen molar-refractivity contribution in [2.45, 2.75) is 44.7 Å². The van der Waals surface area contributed by atoms with Crippen molar-refractivity contribution in [1.29, 1.82) is 0 Å². The van der Waals surface area contributed by atoms with E-state index in [1.807, 2.05) is 0 Å². The number of alkyl halides is 3. The Hall–Kier alpha value is -1.06. The SMILES string of the molecule is CC(C)Cc1ccc(C2(C(F)(F)F)CC2)cn1. The molecular weight excluding hydrogens is 227 g/mol. The lowest BCUT2D eigenvalue weighted by Crippen LogP contribution is -2.28. The van der Waals surface area contributed by atoms with E-state index in [9.17, 15) is 13.2 Å². The van der Waals surface area contributed by atoms with Gasteiger partial charge in [-0.15, -0.1) is 0 Å². The van der Waals surface area contributed by atoms with Crippen molar-refractivity contribution in [2.75, 3.05) is 0 Å². The van der Waals surface area contributed by atoms with Crippen LogP contribution in [0.3, 0.4) is 0 Å². The van der Waals surface area contributed by atoms with Crippen molar-refractivity contribution in [3.8, 4) is 0 Å². The van der Waals surface area contributed by atoms with Gasteiger partial charge in [-0.25, -0.2) is 0 Å². The maximum Gasteiger partial charge on any atom is 0.398 e. The van der Waals surface area contributed by atoms with Crippen LogP contribution in [0.1, 0.15) is 37.9 Å². The third-order valence-corrected chi connectivity index (χ3v) is 3.29. The quantitative estimate of drug-likeness (QED) is 0.785. The van der Waals surface area contributed by atoms with Crippen molar-refractivity contribution in [2.24, 2.45) is 5.92 Å². The van der Waals surface area contributed by atoms with Gasteiger partial charge in [0.25, 0.3) is 0 Å². The van der Waals surface area contributed by atoms with Gasteiger partial charge in [-0.05, 0) is 36.8 Å². The van der Waals surface area contributed by atoms with Crippen LogP contribution >= 0.6 is 0 Å². The summed E-state index contributed by atoms with van der Waals surface area (Å²) in [6.45, 7) is 4.13. The monoisotopic (exact) mass is 243 g/mol. The van der Waals surface area contributed by atoms with Crippen LogP contribution in [0.5, 0.6) is 0 Å². The molecular formula is C13H16F3N. The second-order valence-electron chi connectivity index (χ2n) is 5.22. The molecule has 0 amide bonds. The smallest absolute Gasteiger partial charge is 0.261 e. The predicted octanol–water partition coefficient (Wildman–Crippen LogP) is 3.87. The molecule has 1 heterocycles. The maximum absolute atomic E-state index is 12.9. The summed E-state index contributed by atoms with van der Waals surface area (Å²) >= 11 is 0. The summed E-state index contributed by atoms with van der Waals surface area (Å²) in [6, 6.07) is 3.31. The summed E-state index contributed by atoms with van der Waals surface area (Å²) < 4.78 is 38.6. The molecule has 1 fully saturated rings. The largest absolute Gasteiger partial charge is 0.398 e. The van der Waals surface area contributed by atoms with E-state index in [-0.39, 0.29) is 12.8 Å². The van der Waals surface area contributed by atoms with Crippen LogP contribution in [0, 0.1) is 5.92 Å². The Morgan fingerprint density at radius 2 is 1.94 bits per heavy atom. The fraction of sp³-hybridized carbons (Fsp3) is 0.615. The van der Waals surface area contributed by atoms with Gasteiger partial charge < -0.3 is 0 Å². The molecule has 0 aromatic carbocycles. The van der Waals surface area contributed by atoms with Gasteiger partial charge in [-0.3, -0.25) is 4.98 Å². The van der Waals surface area contributed by atoms with Crippen LogP contribution in [0.2, 0.25) is 0 Å². The van der Waals surface area contributed by atoms with Crippen LogP contribution in [0.15, 0.2) is 18.3 Å². The minimum Gasteiger partial charge on any atom is -0.261 e. The average molecular weight is 243 g/mol. The van der Waals surface area contributed by atoms with E-state index in [1.54, 1.807) is 12.1 Å². The zero-order valence-corrected chi connectivity index (χ0v) is 10.0. The summed E-state index contributed by atoms with van der Waals surface area (Å²) in [6.07, 6.45) is -1.55. The summed E-state index contributed by atoms with van der Waals surface area (Å²) in [5.74, 6) is 0.464. The number of hydrogen-bond acceptors (Lipinski definition) is 1. The van der Waals surface area contributed by atoms with Gasteiger partial charge in [0.05, 0.1) is 5.41 Å². The Bertz CT molecular complexity index is 388. The fourth-order valence-corrected chi connectivity index (χ4v) is 2.11. The number of hydrogen-bond donors (Lipinski definition) is 0. The first-order valence-electron chi connectivity index (χ1n) is 5.87. The Kier molecular flexibility index (Phi) is 2.92. The van der Waals surface area contributed by atoms with Gasteiger partial charge in [0, 0.05) is 11.9 Å². The molecule has 0 saturated heterocycles. The molecule has 0 radical (unpaired) electrons. The molecule has 17 heavy (non-hydrogen) atoms. The van der Waals surface area contributed by atoms with E-state index in [1.165, 1.54) is 6.20 Å². The van der Waals surface area contributed by atoms with Crippen LogP contribution in [0.4, 0.5) is 13.2 Å². The minimum atomic E-state index is -4.14. The summed E-state index contributed by atoms with van der Waals surface area (Å²) in [5.41, 5.74) is -0.421. The number of pyridine rings is 1.